The number of aromatic amines is 1. The highest BCUT2D eigenvalue weighted by Gasteiger charge is 2.30. The molecule has 0 radical (unpaired) electrons. The van der Waals surface area contributed by atoms with Crippen molar-refractivity contribution in [2.24, 2.45) is 5.73 Å². The molecule has 2 rings (SSSR count). The third-order valence-corrected chi connectivity index (χ3v) is 4.62. The Kier molecular flexibility index (Phi) is 6.20. The molecule has 3 N–H and O–H groups in total. The molecule has 8 heteroatoms. The molecule has 1 aromatic rings. The topological polar surface area (TPSA) is 109 Å². The maximum atomic E-state index is 12.4. The molecule has 0 bridgehead atoms. The van der Waals surface area contributed by atoms with Gasteiger partial charge in [-0.2, -0.15) is 0 Å². The number of primary amides is 1. The number of aryl methyl sites for hydroxylation is 1. The first-order valence-electron chi connectivity index (χ1n) is 7.83. The number of hydrogen-bond donors (Lipinski definition) is 2. The highest BCUT2D eigenvalue weighted by Crippen LogP contribution is 2.20. The van der Waals surface area contributed by atoms with Crippen molar-refractivity contribution in [2.45, 2.75) is 50.2 Å². The third-order valence-electron chi connectivity index (χ3n) is 3.76. The van der Waals surface area contributed by atoms with E-state index in [1.165, 1.54) is 17.8 Å². The molecule has 2 amide bonds. The lowest BCUT2D eigenvalue weighted by Crippen LogP contribution is -2.51. The molecule has 0 saturated carbocycles. The molecule has 23 heavy (non-hydrogen) atoms. The number of amides is 2. The lowest BCUT2D eigenvalue weighted by molar-refractivity contribution is -0.138. The van der Waals surface area contributed by atoms with Crippen LogP contribution in [-0.2, 0) is 16.0 Å². The van der Waals surface area contributed by atoms with E-state index in [0.717, 1.165) is 31.4 Å². The summed E-state index contributed by atoms with van der Waals surface area (Å²) in [5.74, 6) is -0.482. The number of nitrogens with one attached hydrogen (secondary N) is 1. The van der Waals surface area contributed by atoms with Gasteiger partial charge in [0.15, 0.2) is 5.16 Å². The van der Waals surface area contributed by atoms with Crippen LogP contribution < -0.4 is 11.3 Å². The predicted octanol–water partition coefficient (Wildman–Crippen LogP) is 0.681. The molecule has 0 unspecified atom stereocenters. The second kappa shape index (κ2) is 8.14. The van der Waals surface area contributed by atoms with Gasteiger partial charge in [0.05, 0.1) is 5.75 Å². The Balaban J connectivity index is 2.00. The quantitative estimate of drug-likeness (QED) is 0.585. The Labute approximate surface area is 139 Å². The summed E-state index contributed by atoms with van der Waals surface area (Å²) in [5, 5.41) is 0.432. The molecule has 1 aromatic heterocycles. The summed E-state index contributed by atoms with van der Waals surface area (Å²) in [4.78, 5) is 44.0. The molecule has 1 atom stereocenters. The average Bonchev–Trinajstić information content (AvgIpc) is 2.52. The molecule has 2 heterocycles. The number of thioether (sulfide) groups is 1. The van der Waals surface area contributed by atoms with Gasteiger partial charge in [-0.1, -0.05) is 25.1 Å². The first-order chi connectivity index (χ1) is 11.0. The lowest BCUT2D eigenvalue weighted by atomic mass is 10.0. The second-order valence-electron chi connectivity index (χ2n) is 5.58. The van der Waals surface area contributed by atoms with E-state index in [0.29, 0.717) is 18.1 Å². The summed E-state index contributed by atoms with van der Waals surface area (Å²) < 4.78 is 0. The van der Waals surface area contributed by atoms with Crippen LogP contribution in [0.3, 0.4) is 0 Å². The van der Waals surface area contributed by atoms with Gasteiger partial charge in [-0.15, -0.1) is 0 Å². The number of nitrogens with zero attached hydrogens (tertiary/aromatic N) is 2. The molecule has 1 aliphatic rings. The summed E-state index contributed by atoms with van der Waals surface area (Å²) in [6, 6.07) is 0.957. The molecule has 0 aliphatic carbocycles. The van der Waals surface area contributed by atoms with E-state index in [9.17, 15) is 14.4 Å². The number of rotatable bonds is 6. The van der Waals surface area contributed by atoms with Gasteiger partial charge in [-0.05, 0) is 25.7 Å². The summed E-state index contributed by atoms with van der Waals surface area (Å²) in [6.07, 6.45) is 4.02. The Morgan fingerprint density at radius 3 is 2.96 bits per heavy atom. The van der Waals surface area contributed by atoms with Crippen LogP contribution >= 0.6 is 11.8 Å². The van der Waals surface area contributed by atoms with E-state index < -0.39 is 11.9 Å². The maximum Gasteiger partial charge on any atom is 0.251 e. The molecule has 7 nitrogen and oxygen atoms in total. The van der Waals surface area contributed by atoms with E-state index in [1.807, 2.05) is 6.92 Å². The first-order valence-corrected chi connectivity index (χ1v) is 8.81. The predicted molar refractivity (Wildman–Crippen MR) is 88.1 cm³/mol. The Hall–Kier alpha value is -1.83. The Morgan fingerprint density at radius 2 is 2.26 bits per heavy atom. The smallest absolute Gasteiger partial charge is 0.251 e. The fourth-order valence-electron chi connectivity index (χ4n) is 2.67. The average molecular weight is 338 g/mol. The minimum atomic E-state index is -0.518. The van der Waals surface area contributed by atoms with Crippen molar-refractivity contribution in [1.29, 1.82) is 0 Å². The molecule has 1 aliphatic heterocycles. The van der Waals surface area contributed by atoms with Crippen molar-refractivity contribution in [1.82, 2.24) is 14.9 Å². The van der Waals surface area contributed by atoms with Crippen molar-refractivity contribution in [3.8, 4) is 0 Å². The van der Waals surface area contributed by atoms with Gasteiger partial charge in [-0.3, -0.25) is 14.4 Å². The Bertz CT molecular complexity index is 631. The summed E-state index contributed by atoms with van der Waals surface area (Å²) in [7, 11) is 0. The van der Waals surface area contributed by atoms with Crippen LogP contribution in [0.1, 0.15) is 38.3 Å². The fourth-order valence-corrected chi connectivity index (χ4v) is 3.46. The van der Waals surface area contributed by atoms with E-state index in [1.54, 1.807) is 4.90 Å². The third kappa shape index (κ3) is 4.82. The number of carbonyl (C=O) groups is 2. The van der Waals surface area contributed by atoms with Crippen molar-refractivity contribution >= 4 is 23.6 Å². The first kappa shape index (κ1) is 17.5. The van der Waals surface area contributed by atoms with Crippen LogP contribution in [0.4, 0.5) is 0 Å². The van der Waals surface area contributed by atoms with Crippen LogP contribution in [0, 0.1) is 0 Å². The number of nitrogens with two attached hydrogens (primary N) is 1. The standard InChI is InChI=1S/C15H22N4O3S/c1-2-5-10-8-12(20)18-15(17-10)23-9-13(21)19-7-4-3-6-11(19)14(16)22/h8,11H,2-7,9H2,1H3,(H2,16,22)(H,17,18,20)/t11-/m1/s1. The summed E-state index contributed by atoms with van der Waals surface area (Å²) >= 11 is 1.18. The number of hydrogen-bond acceptors (Lipinski definition) is 5. The van der Waals surface area contributed by atoms with Gasteiger partial charge in [-0.25, -0.2) is 4.98 Å². The largest absolute Gasteiger partial charge is 0.368 e. The van der Waals surface area contributed by atoms with E-state index in [4.69, 9.17) is 5.73 Å². The lowest BCUT2D eigenvalue weighted by Gasteiger charge is -2.33. The van der Waals surface area contributed by atoms with Crippen LogP contribution in [0.5, 0.6) is 0 Å². The van der Waals surface area contributed by atoms with Crippen molar-refractivity contribution in [3.63, 3.8) is 0 Å². The number of H-pyrrole nitrogens is 1. The van der Waals surface area contributed by atoms with E-state index >= 15 is 0 Å². The molecule has 0 spiro atoms. The van der Waals surface area contributed by atoms with Crippen molar-refractivity contribution in [2.75, 3.05) is 12.3 Å². The highest BCUT2D eigenvalue weighted by molar-refractivity contribution is 7.99. The van der Waals surface area contributed by atoms with Gasteiger partial charge < -0.3 is 15.6 Å². The van der Waals surface area contributed by atoms with Gasteiger partial charge in [0.2, 0.25) is 11.8 Å². The molecule has 1 saturated heterocycles. The van der Waals surface area contributed by atoms with Crippen LogP contribution in [-0.4, -0.2) is 45.0 Å². The van der Waals surface area contributed by atoms with Crippen molar-refractivity contribution < 1.29 is 9.59 Å². The van der Waals surface area contributed by atoms with Gasteiger partial charge in [0, 0.05) is 18.3 Å². The van der Waals surface area contributed by atoms with Crippen LogP contribution in [0.2, 0.25) is 0 Å². The molecule has 126 valence electrons. The fraction of sp³-hybridized carbons (Fsp3) is 0.600. The zero-order chi connectivity index (χ0) is 16.8. The van der Waals surface area contributed by atoms with Crippen LogP contribution in [0.15, 0.2) is 16.0 Å². The SMILES string of the molecule is CCCc1cc(=O)[nH]c(SCC(=O)N2CCCC[C@@H]2C(N)=O)n1. The highest BCUT2D eigenvalue weighted by atomic mass is 32.2. The summed E-state index contributed by atoms with van der Waals surface area (Å²) in [5.41, 5.74) is 5.88. The number of carbonyl (C=O) groups excluding carboxylic acids is 2. The Morgan fingerprint density at radius 1 is 1.48 bits per heavy atom. The molecular formula is C15H22N4O3S. The zero-order valence-corrected chi connectivity index (χ0v) is 14.0. The summed E-state index contributed by atoms with van der Waals surface area (Å²) in [6.45, 7) is 2.56. The molecule has 1 fully saturated rings. The van der Waals surface area contributed by atoms with E-state index in [-0.39, 0.29) is 17.2 Å². The van der Waals surface area contributed by atoms with Crippen molar-refractivity contribution in [3.05, 3.63) is 22.1 Å². The van der Waals surface area contributed by atoms with E-state index in [2.05, 4.69) is 9.97 Å². The number of likely N-dealkylation sites (tertiary alicyclic amines) is 1. The minimum absolute atomic E-state index is 0.127. The van der Waals surface area contributed by atoms with Crippen LogP contribution in [0.25, 0.3) is 0 Å². The normalized spacial score (nSPS) is 18.0. The number of aromatic nitrogens is 2. The minimum Gasteiger partial charge on any atom is -0.368 e. The zero-order valence-electron chi connectivity index (χ0n) is 13.2. The molecule has 0 aromatic carbocycles. The monoisotopic (exact) mass is 338 g/mol. The van der Waals surface area contributed by atoms with Gasteiger partial charge in [0.1, 0.15) is 6.04 Å². The van der Waals surface area contributed by atoms with Gasteiger partial charge >= 0.3 is 0 Å². The second-order valence-corrected chi connectivity index (χ2v) is 6.55. The number of piperidine rings is 1. The molecular weight excluding hydrogens is 316 g/mol. The van der Waals surface area contributed by atoms with Gasteiger partial charge in [0.25, 0.3) is 5.56 Å². The maximum absolute atomic E-state index is 12.4.